The van der Waals surface area contributed by atoms with E-state index in [1.54, 1.807) is 18.2 Å². The van der Waals surface area contributed by atoms with Gasteiger partial charge in [-0.1, -0.05) is 30.3 Å². The summed E-state index contributed by atoms with van der Waals surface area (Å²) in [5.41, 5.74) is 2.44. The smallest absolute Gasteiger partial charge is 0.335 e. The molecule has 10 heteroatoms. The molecule has 0 saturated carbocycles. The molecular formula is C29H24N4O6. The third kappa shape index (κ3) is 5.49. The molecule has 3 aromatic carbocycles. The lowest BCUT2D eigenvalue weighted by Gasteiger charge is -2.27. The van der Waals surface area contributed by atoms with Crippen LogP contribution in [0.5, 0.6) is 0 Å². The second-order valence-corrected chi connectivity index (χ2v) is 8.79. The first-order chi connectivity index (χ1) is 18.9. The van der Waals surface area contributed by atoms with E-state index in [0.29, 0.717) is 17.1 Å². The molecule has 3 N–H and O–H groups in total. The van der Waals surface area contributed by atoms with Gasteiger partial charge in [0.1, 0.15) is 6.04 Å². The Balaban J connectivity index is 1.47. The normalized spacial score (nSPS) is 14.8. The molecule has 2 heterocycles. The Hall–Kier alpha value is -5.38. The molecule has 1 unspecified atom stereocenters. The number of nitrogens with one attached hydrogen (secondary N) is 2. The molecule has 3 amide bonds. The number of anilines is 4. The first-order valence-electron chi connectivity index (χ1n) is 12.1. The van der Waals surface area contributed by atoms with E-state index >= 15 is 0 Å². The quantitative estimate of drug-likeness (QED) is 0.303. The highest BCUT2D eigenvalue weighted by molar-refractivity contribution is 6.10. The zero-order valence-electron chi connectivity index (χ0n) is 20.6. The lowest BCUT2D eigenvalue weighted by atomic mass is 10.2. The van der Waals surface area contributed by atoms with Crippen molar-refractivity contribution in [1.82, 2.24) is 5.32 Å². The van der Waals surface area contributed by atoms with Gasteiger partial charge in [0.05, 0.1) is 36.3 Å². The van der Waals surface area contributed by atoms with Crippen molar-refractivity contribution < 1.29 is 28.7 Å². The number of benzene rings is 3. The van der Waals surface area contributed by atoms with Crippen LogP contribution in [0.1, 0.15) is 20.9 Å². The molecule has 1 aliphatic heterocycles. The summed E-state index contributed by atoms with van der Waals surface area (Å²) in [6, 6.07) is 23.7. The number of ketones is 1. The van der Waals surface area contributed by atoms with E-state index in [-0.39, 0.29) is 24.4 Å². The van der Waals surface area contributed by atoms with Crippen molar-refractivity contribution >= 4 is 46.4 Å². The van der Waals surface area contributed by atoms with Crippen molar-refractivity contribution in [1.29, 1.82) is 0 Å². The Labute approximate surface area is 223 Å². The van der Waals surface area contributed by atoms with E-state index < -0.39 is 29.7 Å². The van der Waals surface area contributed by atoms with E-state index in [0.717, 1.165) is 5.69 Å². The molecule has 1 atom stereocenters. The summed E-state index contributed by atoms with van der Waals surface area (Å²) in [5.74, 6) is -1.83. The molecule has 0 aliphatic carbocycles. The minimum atomic E-state index is -1.08. The summed E-state index contributed by atoms with van der Waals surface area (Å²) in [7, 11) is 0. The number of fused-ring (bicyclic) bond motifs is 1. The topological polar surface area (TPSA) is 132 Å². The molecule has 0 bridgehead atoms. The molecule has 0 radical (unpaired) electrons. The van der Waals surface area contributed by atoms with Crippen LogP contribution in [0, 0.1) is 0 Å². The first-order valence-corrected chi connectivity index (χ1v) is 12.1. The van der Waals surface area contributed by atoms with Crippen LogP contribution < -0.4 is 20.4 Å². The number of furan rings is 1. The Morgan fingerprint density at radius 3 is 2.23 bits per heavy atom. The van der Waals surface area contributed by atoms with Gasteiger partial charge in [-0.25, -0.2) is 9.59 Å². The van der Waals surface area contributed by atoms with Gasteiger partial charge < -0.3 is 30.0 Å². The van der Waals surface area contributed by atoms with Crippen LogP contribution >= 0.6 is 0 Å². The molecule has 196 valence electrons. The van der Waals surface area contributed by atoms with Crippen molar-refractivity contribution in [3.63, 3.8) is 0 Å². The van der Waals surface area contributed by atoms with Gasteiger partial charge in [0.2, 0.25) is 5.78 Å². The van der Waals surface area contributed by atoms with Crippen LogP contribution in [0.25, 0.3) is 0 Å². The number of rotatable bonds is 7. The summed E-state index contributed by atoms with van der Waals surface area (Å²) in [5, 5.41) is 14.5. The fraction of sp³-hybridized carbons (Fsp3) is 0.103. The van der Waals surface area contributed by atoms with Gasteiger partial charge in [-0.2, -0.15) is 0 Å². The predicted molar refractivity (Wildman–Crippen MR) is 145 cm³/mol. The van der Waals surface area contributed by atoms with Crippen molar-refractivity contribution in [3.05, 3.63) is 109 Å². The van der Waals surface area contributed by atoms with Crippen LogP contribution in [-0.2, 0) is 4.79 Å². The Morgan fingerprint density at radius 1 is 0.872 bits per heavy atom. The maximum atomic E-state index is 13.9. The van der Waals surface area contributed by atoms with E-state index in [4.69, 9.17) is 9.52 Å². The fourth-order valence-corrected chi connectivity index (χ4v) is 4.39. The average molecular weight is 525 g/mol. The van der Waals surface area contributed by atoms with Crippen molar-refractivity contribution in [2.75, 3.05) is 28.2 Å². The second-order valence-electron chi connectivity index (χ2n) is 8.79. The number of hydrogen-bond acceptors (Lipinski definition) is 6. The van der Waals surface area contributed by atoms with Gasteiger partial charge in [-0.3, -0.25) is 9.59 Å². The summed E-state index contributed by atoms with van der Waals surface area (Å²) in [6.45, 7) is -0.195. The predicted octanol–water partition coefficient (Wildman–Crippen LogP) is 4.54. The number of urea groups is 1. The molecule has 10 nitrogen and oxygen atoms in total. The van der Waals surface area contributed by atoms with Gasteiger partial charge >= 0.3 is 12.0 Å². The van der Waals surface area contributed by atoms with E-state index in [1.807, 2.05) is 47.4 Å². The summed E-state index contributed by atoms with van der Waals surface area (Å²) in [4.78, 5) is 54.3. The number of carboxylic acid groups (broad SMARTS) is 1. The maximum absolute atomic E-state index is 13.9. The highest BCUT2D eigenvalue weighted by Crippen LogP contribution is 2.37. The van der Waals surface area contributed by atoms with Gasteiger partial charge in [-0.05, 0) is 60.7 Å². The fourth-order valence-electron chi connectivity index (χ4n) is 4.39. The molecule has 0 spiro atoms. The number of nitrogens with zero attached hydrogens (tertiary/aromatic N) is 2. The first kappa shape index (κ1) is 25.3. The van der Waals surface area contributed by atoms with Crippen molar-refractivity contribution in [2.24, 2.45) is 0 Å². The number of carbonyl (C=O) groups excluding carboxylic acids is 3. The Kier molecular flexibility index (Phi) is 7.09. The van der Waals surface area contributed by atoms with Gasteiger partial charge in [-0.15, -0.1) is 0 Å². The lowest BCUT2D eigenvalue weighted by Crippen LogP contribution is -2.53. The Bertz CT molecular complexity index is 1500. The van der Waals surface area contributed by atoms with Crippen LogP contribution in [0.3, 0.4) is 0 Å². The number of para-hydroxylation sites is 3. The van der Waals surface area contributed by atoms with Gasteiger partial charge in [0, 0.05) is 11.4 Å². The highest BCUT2D eigenvalue weighted by atomic mass is 16.4. The third-order valence-electron chi connectivity index (χ3n) is 6.25. The zero-order chi connectivity index (χ0) is 27.4. The molecule has 39 heavy (non-hydrogen) atoms. The van der Waals surface area contributed by atoms with Crippen LogP contribution in [-0.4, -0.2) is 47.9 Å². The monoisotopic (exact) mass is 524 g/mol. The maximum Gasteiger partial charge on any atom is 0.335 e. The molecule has 0 saturated heterocycles. The molecule has 0 fully saturated rings. The van der Waals surface area contributed by atoms with Gasteiger partial charge in [0.25, 0.3) is 5.91 Å². The zero-order valence-corrected chi connectivity index (χ0v) is 20.6. The summed E-state index contributed by atoms with van der Waals surface area (Å²) < 4.78 is 5.25. The molecular weight excluding hydrogens is 500 g/mol. The third-order valence-corrected chi connectivity index (χ3v) is 6.25. The number of amides is 3. The number of carboxylic acids is 1. The van der Waals surface area contributed by atoms with Crippen molar-refractivity contribution in [2.45, 2.75) is 6.04 Å². The summed E-state index contributed by atoms with van der Waals surface area (Å²) in [6.07, 6.45) is 1.39. The number of carbonyl (C=O) groups is 4. The van der Waals surface area contributed by atoms with Crippen LogP contribution in [0.2, 0.25) is 0 Å². The molecule has 1 aromatic heterocycles. The van der Waals surface area contributed by atoms with Crippen LogP contribution in [0.4, 0.5) is 27.5 Å². The standard InChI is InChI=1S/C29H24N4O6/c34-25(26-11-6-16-39-26)18-33-24-10-5-4-9-23(24)32(21-7-2-1-3-8-21)17-22(27(33)35)31-29(38)30-20-14-12-19(13-15-20)28(36)37/h1-16,22H,17-18H2,(H,36,37)(H2,30,31,38). The molecule has 4 aromatic rings. The largest absolute Gasteiger partial charge is 0.478 e. The minimum Gasteiger partial charge on any atom is -0.478 e. The Morgan fingerprint density at radius 2 is 1.56 bits per heavy atom. The molecule has 5 rings (SSSR count). The van der Waals surface area contributed by atoms with E-state index in [1.165, 1.54) is 41.5 Å². The van der Waals surface area contributed by atoms with Gasteiger partial charge in [0.15, 0.2) is 5.76 Å². The number of Topliss-reactive ketones (excluding diaryl/α,β-unsaturated/α-hetero) is 1. The minimum absolute atomic E-state index is 0.0769. The van der Waals surface area contributed by atoms with E-state index in [2.05, 4.69) is 10.6 Å². The number of hydrogen-bond donors (Lipinski definition) is 3. The van der Waals surface area contributed by atoms with Crippen LogP contribution in [0.15, 0.2) is 102 Å². The number of aromatic carboxylic acids is 1. The van der Waals surface area contributed by atoms with E-state index in [9.17, 15) is 19.2 Å². The average Bonchev–Trinajstić information content (AvgIpc) is 3.47. The lowest BCUT2D eigenvalue weighted by molar-refractivity contribution is -0.120. The second kappa shape index (κ2) is 10.9. The van der Waals surface area contributed by atoms with Crippen molar-refractivity contribution in [3.8, 4) is 0 Å². The highest BCUT2D eigenvalue weighted by Gasteiger charge is 2.36. The summed E-state index contributed by atoms with van der Waals surface area (Å²) >= 11 is 0. The molecule has 1 aliphatic rings. The SMILES string of the molecule is O=C(Nc1ccc(C(=O)O)cc1)NC1CN(c2ccccc2)c2ccccc2N(CC(=O)c2ccco2)C1=O.